The van der Waals surface area contributed by atoms with E-state index in [0.717, 1.165) is 83.5 Å². The van der Waals surface area contributed by atoms with E-state index in [1.54, 1.807) is 0 Å². The standard InChI is InChI=1S/C55H100O15P2/c1-3-5-7-9-11-13-15-17-19-21-23-24-26-28-30-32-34-36-38-40-42-44-55(60)66-46-52(57)48-68-72(63,64)70-50-53(58)49-69-71(61,62)67-47-51(56)45-65-54(59)43-41-39-37-35-33-31-29-27-25-22-20-18-16-14-12-10-8-6-4-2/h5,7,11,13,17,19,23-24,28,30,51-53,56-58H,3-4,6,8-10,12,14-16,18,20-22,25-27,29,31-50H2,1-2H3,(H,61,62)(H,63,64)/b7-5-,13-11-,19-17-,24-23-,30-28-. The molecule has 0 saturated carbocycles. The highest BCUT2D eigenvalue weighted by molar-refractivity contribution is 7.47. The average Bonchev–Trinajstić information content (AvgIpc) is 3.36. The van der Waals surface area contributed by atoms with Crippen LogP contribution < -0.4 is 0 Å². The van der Waals surface area contributed by atoms with E-state index in [2.05, 4.69) is 83.7 Å². The summed E-state index contributed by atoms with van der Waals surface area (Å²) >= 11 is 0. The van der Waals surface area contributed by atoms with E-state index in [1.165, 1.54) is 96.3 Å². The van der Waals surface area contributed by atoms with Crippen molar-refractivity contribution < 1.29 is 71.4 Å². The fraction of sp³-hybridized carbons (Fsp3) is 0.782. The van der Waals surface area contributed by atoms with Gasteiger partial charge in [0.2, 0.25) is 0 Å². The number of phosphoric ester groups is 2. The maximum absolute atomic E-state index is 12.2. The topological polar surface area (TPSA) is 225 Å². The van der Waals surface area contributed by atoms with Gasteiger partial charge >= 0.3 is 27.6 Å². The molecule has 0 aromatic rings. The van der Waals surface area contributed by atoms with Crippen molar-refractivity contribution >= 4 is 27.6 Å². The molecule has 0 aliphatic rings. The molecule has 72 heavy (non-hydrogen) atoms. The molecule has 420 valence electrons. The minimum Gasteiger partial charge on any atom is -0.463 e. The number of carbonyl (C=O) groups excluding carboxylic acids is 2. The molecule has 0 fully saturated rings. The molecule has 0 heterocycles. The summed E-state index contributed by atoms with van der Waals surface area (Å²) in [5, 5.41) is 30.1. The van der Waals surface area contributed by atoms with Gasteiger partial charge in [-0.25, -0.2) is 9.13 Å². The maximum atomic E-state index is 12.2. The van der Waals surface area contributed by atoms with Crippen LogP contribution in [0.4, 0.5) is 0 Å². The minimum atomic E-state index is -4.80. The third-order valence-electron chi connectivity index (χ3n) is 11.5. The van der Waals surface area contributed by atoms with Crippen molar-refractivity contribution in [2.24, 2.45) is 0 Å². The quantitative estimate of drug-likeness (QED) is 0.0165. The molecule has 0 aromatic carbocycles. The van der Waals surface area contributed by atoms with Crippen LogP contribution in [0.25, 0.3) is 0 Å². The van der Waals surface area contributed by atoms with E-state index < -0.39 is 85.5 Å². The molecule has 0 aliphatic carbocycles. The van der Waals surface area contributed by atoms with Crippen LogP contribution in [-0.4, -0.2) is 95.0 Å². The molecular formula is C55H100O15P2. The van der Waals surface area contributed by atoms with E-state index in [1.807, 2.05) is 0 Å². The molecule has 0 aromatic heterocycles. The molecule has 15 nitrogen and oxygen atoms in total. The van der Waals surface area contributed by atoms with Gasteiger partial charge in [0.25, 0.3) is 0 Å². The van der Waals surface area contributed by atoms with Crippen LogP contribution >= 0.6 is 15.6 Å². The van der Waals surface area contributed by atoms with E-state index in [4.69, 9.17) is 18.5 Å². The van der Waals surface area contributed by atoms with Crippen molar-refractivity contribution in [2.45, 2.75) is 238 Å². The number of hydrogen-bond donors (Lipinski definition) is 5. The second-order valence-corrected chi connectivity index (χ2v) is 21.5. The smallest absolute Gasteiger partial charge is 0.463 e. The second-order valence-electron chi connectivity index (χ2n) is 18.6. The Morgan fingerprint density at radius 1 is 0.375 bits per heavy atom. The summed E-state index contributed by atoms with van der Waals surface area (Å²) in [7, 11) is -9.59. The van der Waals surface area contributed by atoms with E-state index in [-0.39, 0.29) is 12.8 Å². The Bertz CT molecular complexity index is 1520. The van der Waals surface area contributed by atoms with Gasteiger partial charge in [0, 0.05) is 12.8 Å². The van der Waals surface area contributed by atoms with Crippen LogP contribution in [0.15, 0.2) is 60.8 Å². The number of aliphatic hydroxyl groups is 3. The zero-order valence-electron chi connectivity index (χ0n) is 44.6. The molecule has 5 unspecified atom stereocenters. The number of esters is 2. The summed E-state index contributed by atoms with van der Waals surface area (Å²) in [6, 6.07) is 0. The number of hydrogen-bond acceptors (Lipinski definition) is 13. The van der Waals surface area contributed by atoms with Crippen molar-refractivity contribution in [2.75, 3.05) is 39.6 Å². The summed E-state index contributed by atoms with van der Waals surface area (Å²) in [5.41, 5.74) is 0. The fourth-order valence-electron chi connectivity index (χ4n) is 7.24. The zero-order valence-corrected chi connectivity index (χ0v) is 46.4. The third-order valence-corrected chi connectivity index (χ3v) is 13.4. The van der Waals surface area contributed by atoms with Gasteiger partial charge in [0.1, 0.15) is 31.5 Å². The molecule has 0 rings (SSSR count). The Hall–Kier alpha value is -2.26. The Labute approximate surface area is 435 Å². The number of aliphatic hydroxyl groups excluding tert-OH is 3. The first-order valence-electron chi connectivity index (χ1n) is 27.6. The highest BCUT2D eigenvalue weighted by Gasteiger charge is 2.28. The predicted octanol–water partition coefficient (Wildman–Crippen LogP) is 13.7. The van der Waals surface area contributed by atoms with Crippen molar-refractivity contribution in [1.82, 2.24) is 0 Å². The summed E-state index contributed by atoms with van der Waals surface area (Å²) < 4.78 is 53.2. The lowest BCUT2D eigenvalue weighted by atomic mass is 10.0. The molecule has 5 N–H and O–H groups in total. The second kappa shape index (κ2) is 50.9. The largest absolute Gasteiger partial charge is 0.472 e. The number of rotatable bonds is 53. The maximum Gasteiger partial charge on any atom is 0.472 e. The van der Waals surface area contributed by atoms with Crippen LogP contribution in [0.3, 0.4) is 0 Å². The lowest BCUT2D eigenvalue weighted by Crippen LogP contribution is -2.25. The Kier molecular flexibility index (Phi) is 49.3. The molecule has 5 atom stereocenters. The highest BCUT2D eigenvalue weighted by atomic mass is 31.2. The summed E-state index contributed by atoms with van der Waals surface area (Å²) in [6.45, 7) is 0.321. The molecule has 0 bridgehead atoms. The van der Waals surface area contributed by atoms with Crippen LogP contribution in [0, 0.1) is 0 Å². The Morgan fingerprint density at radius 2 is 0.639 bits per heavy atom. The third kappa shape index (κ3) is 52.6. The fourth-order valence-corrected chi connectivity index (χ4v) is 8.83. The van der Waals surface area contributed by atoms with Crippen molar-refractivity contribution in [3.8, 4) is 0 Å². The Balaban J connectivity index is 3.85. The monoisotopic (exact) mass is 1060 g/mol. The van der Waals surface area contributed by atoms with Crippen molar-refractivity contribution in [3.63, 3.8) is 0 Å². The molecule has 17 heteroatoms. The Morgan fingerprint density at radius 3 is 0.958 bits per heavy atom. The number of unbranched alkanes of at least 4 members (excludes halogenated alkanes) is 23. The molecule has 0 aliphatic heterocycles. The average molecular weight is 1060 g/mol. The van der Waals surface area contributed by atoms with Gasteiger partial charge in [-0.2, -0.15) is 0 Å². The predicted molar refractivity (Wildman–Crippen MR) is 288 cm³/mol. The van der Waals surface area contributed by atoms with Gasteiger partial charge in [0.15, 0.2) is 0 Å². The van der Waals surface area contributed by atoms with Crippen LogP contribution in [-0.2, 0) is 46.3 Å². The molecular weight excluding hydrogens is 963 g/mol. The van der Waals surface area contributed by atoms with Gasteiger partial charge < -0.3 is 34.6 Å². The van der Waals surface area contributed by atoms with Crippen LogP contribution in [0.1, 0.15) is 219 Å². The van der Waals surface area contributed by atoms with E-state index in [0.29, 0.717) is 12.8 Å². The lowest BCUT2D eigenvalue weighted by molar-refractivity contribution is -0.148. The van der Waals surface area contributed by atoms with Gasteiger partial charge in [-0.05, 0) is 57.8 Å². The van der Waals surface area contributed by atoms with Gasteiger partial charge in [-0.15, -0.1) is 0 Å². The first-order valence-corrected chi connectivity index (χ1v) is 30.6. The van der Waals surface area contributed by atoms with Gasteiger partial charge in [-0.3, -0.25) is 27.7 Å². The van der Waals surface area contributed by atoms with Gasteiger partial charge in [-0.1, -0.05) is 209 Å². The van der Waals surface area contributed by atoms with Crippen LogP contribution in [0.2, 0.25) is 0 Å². The zero-order chi connectivity index (χ0) is 53.1. The van der Waals surface area contributed by atoms with E-state index in [9.17, 15) is 43.8 Å². The SMILES string of the molecule is CC/C=C\C/C=C\C/C=C\C/C=C\C/C=C\CCCCCCCC(=O)OCC(O)COP(=O)(O)OCC(O)COP(=O)(O)OCC(O)COC(=O)CCCCCCCCCCCCCCCCCCCCC. The molecule has 0 amide bonds. The summed E-state index contributed by atoms with van der Waals surface area (Å²) in [5.74, 6) is -1.01. The van der Waals surface area contributed by atoms with Crippen LogP contribution in [0.5, 0.6) is 0 Å². The molecule has 0 saturated heterocycles. The highest BCUT2D eigenvalue weighted by Crippen LogP contribution is 2.45. The number of ether oxygens (including phenoxy) is 2. The van der Waals surface area contributed by atoms with Gasteiger partial charge in [0.05, 0.1) is 26.4 Å². The van der Waals surface area contributed by atoms with E-state index >= 15 is 0 Å². The van der Waals surface area contributed by atoms with Crippen molar-refractivity contribution in [1.29, 1.82) is 0 Å². The normalized spacial score (nSPS) is 15.3. The molecule has 0 spiro atoms. The minimum absolute atomic E-state index is 0.172. The summed E-state index contributed by atoms with van der Waals surface area (Å²) in [6.07, 6.45) is 52.0. The first kappa shape index (κ1) is 69.7. The number of phosphoric acid groups is 2. The molecule has 0 radical (unpaired) electrons. The summed E-state index contributed by atoms with van der Waals surface area (Å²) in [4.78, 5) is 43.9. The van der Waals surface area contributed by atoms with Crippen molar-refractivity contribution in [3.05, 3.63) is 60.8 Å². The first-order chi connectivity index (χ1) is 34.8. The number of carbonyl (C=O) groups is 2. The number of allylic oxidation sites excluding steroid dienone is 10. The lowest BCUT2D eigenvalue weighted by Gasteiger charge is -2.19.